The average Bonchev–Trinajstić information content (AvgIpc) is 3.11. The number of aromatic nitrogens is 3. The van der Waals surface area contributed by atoms with Crippen molar-refractivity contribution >= 4 is 29.1 Å². The van der Waals surface area contributed by atoms with Crippen molar-refractivity contribution in [3.8, 4) is 17.2 Å². The molecule has 2 heterocycles. The zero-order chi connectivity index (χ0) is 18.4. The van der Waals surface area contributed by atoms with Crippen molar-refractivity contribution in [2.45, 2.75) is 6.42 Å². The van der Waals surface area contributed by atoms with Crippen molar-refractivity contribution in [2.24, 2.45) is 0 Å². The van der Waals surface area contributed by atoms with Gasteiger partial charge in [0.1, 0.15) is 5.75 Å². The summed E-state index contributed by atoms with van der Waals surface area (Å²) in [6.45, 7) is 0.178. The second-order valence-corrected chi connectivity index (χ2v) is 6.05. The molecule has 3 rings (SSSR count). The van der Waals surface area contributed by atoms with Gasteiger partial charge in [-0.05, 0) is 30.3 Å². The summed E-state index contributed by atoms with van der Waals surface area (Å²) in [5.41, 5.74) is 0.739. The van der Waals surface area contributed by atoms with E-state index in [0.717, 1.165) is 5.56 Å². The Labute approximate surface area is 159 Å². The van der Waals surface area contributed by atoms with Gasteiger partial charge >= 0.3 is 0 Å². The summed E-state index contributed by atoms with van der Waals surface area (Å²) in [6, 6.07) is 8.40. The maximum atomic E-state index is 11.8. The highest BCUT2D eigenvalue weighted by atomic mass is 35.5. The van der Waals surface area contributed by atoms with Crippen LogP contribution in [0.25, 0.3) is 11.5 Å². The number of rotatable bonds is 7. The standard InChI is InChI=1S/C17H14Cl2N4O3/c18-12-3-4-14(13(19)8-12)25-10-15(24)21-7-5-16-22-23-17(26-16)11-2-1-6-20-9-11/h1-4,6,8-9H,5,7,10H2,(H,21,24). The topological polar surface area (TPSA) is 90.1 Å². The molecule has 2 aromatic heterocycles. The first kappa shape index (κ1) is 18.2. The molecule has 0 fully saturated rings. The minimum absolute atomic E-state index is 0.161. The van der Waals surface area contributed by atoms with Crippen molar-refractivity contribution < 1.29 is 13.9 Å². The first-order chi connectivity index (χ1) is 12.6. The molecule has 0 aliphatic heterocycles. The Hall–Kier alpha value is -2.64. The van der Waals surface area contributed by atoms with Gasteiger partial charge in [-0.25, -0.2) is 0 Å². The van der Waals surface area contributed by atoms with Crippen LogP contribution >= 0.6 is 23.2 Å². The third-order valence-corrected chi connectivity index (χ3v) is 3.82. The van der Waals surface area contributed by atoms with E-state index in [4.69, 9.17) is 32.4 Å². The smallest absolute Gasteiger partial charge is 0.257 e. The van der Waals surface area contributed by atoms with Gasteiger partial charge in [0.05, 0.1) is 10.6 Å². The van der Waals surface area contributed by atoms with Crippen LogP contribution < -0.4 is 10.1 Å². The Morgan fingerprint density at radius 1 is 1.23 bits per heavy atom. The summed E-state index contributed by atoms with van der Waals surface area (Å²) in [5, 5.41) is 11.5. The fourth-order valence-corrected chi connectivity index (χ4v) is 2.52. The van der Waals surface area contributed by atoms with Crippen LogP contribution in [-0.2, 0) is 11.2 Å². The normalized spacial score (nSPS) is 10.5. The van der Waals surface area contributed by atoms with Gasteiger partial charge in [-0.3, -0.25) is 9.78 Å². The number of hydrogen-bond acceptors (Lipinski definition) is 6. The molecule has 0 radical (unpaired) electrons. The third-order valence-electron chi connectivity index (χ3n) is 3.29. The van der Waals surface area contributed by atoms with Crippen molar-refractivity contribution in [2.75, 3.05) is 13.2 Å². The van der Waals surface area contributed by atoms with E-state index in [1.807, 2.05) is 6.07 Å². The van der Waals surface area contributed by atoms with E-state index in [9.17, 15) is 4.79 Å². The Morgan fingerprint density at radius 3 is 2.88 bits per heavy atom. The highest BCUT2D eigenvalue weighted by Gasteiger charge is 2.10. The summed E-state index contributed by atoms with van der Waals surface area (Å²) in [4.78, 5) is 15.8. The van der Waals surface area contributed by atoms with Crippen LogP contribution in [0.15, 0.2) is 47.1 Å². The fraction of sp³-hybridized carbons (Fsp3) is 0.176. The number of carbonyl (C=O) groups excluding carboxylic acids is 1. The molecule has 0 saturated carbocycles. The summed E-state index contributed by atoms with van der Waals surface area (Å²) >= 11 is 11.8. The van der Waals surface area contributed by atoms with Gasteiger partial charge in [-0.2, -0.15) is 0 Å². The molecule has 0 unspecified atom stereocenters. The lowest BCUT2D eigenvalue weighted by molar-refractivity contribution is -0.123. The molecule has 3 aromatic rings. The highest BCUT2D eigenvalue weighted by Crippen LogP contribution is 2.27. The van der Waals surface area contributed by atoms with E-state index in [0.29, 0.717) is 40.5 Å². The van der Waals surface area contributed by atoms with E-state index in [-0.39, 0.29) is 12.5 Å². The SMILES string of the molecule is O=C(COc1ccc(Cl)cc1Cl)NCCc1nnc(-c2cccnc2)o1. The Kier molecular flexibility index (Phi) is 6.04. The predicted molar refractivity (Wildman–Crippen MR) is 96.2 cm³/mol. The molecule has 1 aromatic carbocycles. The number of hydrogen-bond donors (Lipinski definition) is 1. The second kappa shape index (κ2) is 8.64. The zero-order valence-corrected chi connectivity index (χ0v) is 15.0. The lowest BCUT2D eigenvalue weighted by Gasteiger charge is -2.08. The van der Waals surface area contributed by atoms with E-state index in [1.165, 1.54) is 0 Å². The molecular weight excluding hydrogens is 379 g/mol. The Bertz CT molecular complexity index is 887. The second-order valence-electron chi connectivity index (χ2n) is 5.21. The molecule has 134 valence electrons. The van der Waals surface area contributed by atoms with Crippen LogP contribution in [0.1, 0.15) is 5.89 Å². The average molecular weight is 393 g/mol. The zero-order valence-electron chi connectivity index (χ0n) is 13.5. The van der Waals surface area contributed by atoms with Crippen LogP contribution in [0.2, 0.25) is 10.0 Å². The molecule has 1 amide bonds. The highest BCUT2D eigenvalue weighted by molar-refractivity contribution is 6.35. The van der Waals surface area contributed by atoms with Gasteiger partial charge in [0.25, 0.3) is 5.91 Å². The summed E-state index contributed by atoms with van der Waals surface area (Å²) in [6.07, 6.45) is 3.70. The number of halogens is 2. The van der Waals surface area contributed by atoms with Gasteiger partial charge in [-0.15, -0.1) is 10.2 Å². The molecule has 0 saturated heterocycles. The van der Waals surface area contributed by atoms with Crippen LogP contribution in [0.3, 0.4) is 0 Å². The number of pyridine rings is 1. The quantitative estimate of drug-likeness (QED) is 0.663. The van der Waals surface area contributed by atoms with Crippen LogP contribution in [0, 0.1) is 0 Å². The van der Waals surface area contributed by atoms with Gasteiger partial charge in [0.15, 0.2) is 6.61 Å². The number of carbonyl (C=O) groups is 1. The monoisotopic (exact) mass is 392 g/mol. The lowest BCUT2D eigenvalue weighted by Crippen LogP contribution is -2.30. The third kappa shape index (κ3) is 4.93. The number of nitrogens with zero attached hydrogens (tertiary/aromatic N) is 3. The summed E-state index contributed by atoms with van der Waals surface area (Å²) < 4.78 is 10.9. The van der Waals surface area contributed by atoms with Crippen molar-refractivity contribution in [1.82, 2.24) is 20.5 Å². The Morgan fingerprint density at radius 2 is 2.12 bits per heavy atom. The van der Waals surface area contributed by atoms with Crippen molar-refractivity contribution in [3.63, 3.8) is 0 Å². The van der Waals surface area contributed by atoms with Crippen molar-refractivity contribution in [3.05, 3.63) is 58.7 Å². The van der Waals surface area contributed by atoms with Crippen LogP contribution in [0.4, 0.5) is 0 Å². The van der Waals surface area contributed by atoms with Gasteiger partial charge in [0.2, 0.25) is 11.8 Å². The first-order valence-corrected chi connectivity index (χ1v) is 8.45. The minimum Gasteiger partial charge on any atom is -0.482 e. The molecule has 1 N–H and O–H groups in total. The molecule has 0 aliphatic rings. The van der Waals surface area contributed by atoms with E-state index in [1.54, 1.807) is 36.7 Å². The number of benzene rings is 1. The minimum atomic E-state index is -0.289. The van der Waals surface area contributed by atoms with E-state index >= 15 is 0 Å². The Balaban J connectivity index is 1.43. The maximum absolute atomic E-state index is 11.8. The number of nitrogens with one attached hydrogen (secondary N) is 1. The van der Waals surface area contributed by atoms with Gasteiger partial charge in [-0.1, -0.05) is 23.2 Å². The molecule has 7 nitrogen and oxygen atoms in total. The predicted octanol–water partition coefficient (Wildman–Crippen LogP) is 3.18. The largest absolute Gasteiger partial charge is 0.482 e. The van der Waals surface area contributed by atoms with Gasteiger partial charge < -0.3 is 14.5 Å². The molecule has 26 heavy (non-hydrogen) atoms. The van der Waals surface area contributed by atoms with Crippen molar-refractivity contribution in [1.29, 1.82) is 0 Å². The molecular formula is C17H14Cl2N4O3. The van der Waals surface area contributed by atoms with Gasteiger partial charge in [0, 0.05) is 30.4 Å². The molecule has 0 spiro atoms. The van der Waals surface area contributed by atoms with Crippen LogP contribution in [0.5, 0.6) is 5.75 Å². The van der Waals surface area contributed by atoms with Crippen LogP contribution in [-0.4, -0.2) is 34.2 Å². The number of amides is 1. The summed E-state index contributed by atoms with van der Waals surface area (Å²) in [7, 11) is 0. The maximum Gasteiger partial charge on any atom is 0.257 e. The molecule has 0 bridgehead atoms. The molecule has 0 atom stereocenters. The molecule has 9 heteroatoms. The van der Waals surface area contributed by atoms with E-state index < -0.39 is 0 Å². The summed E-state index contributed by atoms with van der Waals surface area (Å²) in [5.74, 6) is 0.915. The molecule has 0 aliphatic carbocycles. The van der Waals surface area contributed by atoms with E-state index in [2.05, 4.69) is 20.5 Å². The number of ether oxygens (including phenoxy) is 1. The fourth-order valence-electron chi connectivity index (χ4n) is 2.06. The first-order valence-electron chi connectivity index (χ1n) is 7.69. The lowest BCUT2D eigenvalue weighted by atomic mass is 10.3.